The van der Waals surface area contributed by atoms with Gasteiger partial charge in [0, 0.05) is 25.0 Å². The van der Waals surface area contributed by atoms with Crippen molar-refractivity contribution in [3.8, 4) is 0 Å². The van der Waals surface area contributed by atoms with Crippen LogP contribution in [0.2, 0.25) is 0 Å². The molecule has 0 saturated carbocycles. The summed E-state index contributed by atoms with van der Waals surface area (Å²) in [6, 6.07) is 8.99. The number of ketones is 1. The molecule has 3 aliphatic rings. The second-order valence-corrected chi connectivity index (χ2v) is 6.42. The number of carbonyl (C=O) groups is 1. The molecule has 0 N–H and O–H groups in total. The van der Waals surface area contributed by atoms with Gasteiger partial charge in [0.1, 0.15) is 17.7 Å². The van der Waals surface area contributed by atoms with Crippen molar-refractivity contribution < 1.29 is 30.7 Å². The molecule has 4 heterocycles. The fraction of sp³-hybridized carbons (Fsp3) is 0.412. The van der Waals surface area contributed by atoms with Gasteiger partial charge in [0.2, 0.25) is 5.78 Å². The molecule has 0 amide bonds. The lowest BCUT2D eigenvalue weighted by Gasteiger charge is -2.50. The number of para-hydroxylation sites is 1. The molecule has 0 radical (unpaired) electrons. The minimum atomic E-state index is -0.516. The average Bonchev–Trinajstić information content (AvgIpc) is 2.55. The monoisotopic (exact) mass is 378 g/mol. The molecule has 0 spiro atoms. The molecule has 3 aliphatic heterocycles. The van der Waals surface area contributed by atoms with Gasteiger partial charge in [-0.3, -0.25) is 9.69 Å². The van der Waals surface area contributed by atoms with Gasteiger partial charge in [0.25, 0.3) is 0 Å². The van der Waals surface area contributed by atoms with Gasteiger partial charge in [0.05, 0.1) is 19.6 Å². The van der Waals surface area contributed by atoms with Crippen molar-refractivity contribution in [2.45, 2.75) is 0 Å². The average molecular weight is 379 g/mol. The van der Waals surface area contributed by atoms with Gasteiger partial charge in [0.15, 0.2) is 0 Å². The molecule has 23 heavy (non-hydrogen) atoms. The summed E-state index contributed by atoms with van der Waals surface area (Å²) in [6.07, 6.45) is 0. The number of benzene rings is 1. The number of carbonyl (C=O) groups excluding carboxylic acids is 1. The van der Waals surface area contributed by atoms with E-state index in [1.165, 1.54) is 0 Å². The summed E-state index contributed by atoms with van der Waals surface area (Å²) in [6.45, 7) is 6.59. The maximum Gasteiger partial charge on any atom is 0.347 e. The van der Waals surface area contributed by atoms with Gasteiger partial charge in [-0.15, -0.1) is 0 Å². The Kier molecular flexibility index (Phi) is 4.40. The Morgan fingerprint density at radius 2 is 1.78 bits per heavy atom. The fourth-order valence-electron chi connectivity index (χ4n) is 3.61. The zero-order valence-corrected chi connectivity index (χ0v) is 14.4. The maximum atomic E-state index is 12.7. The van der Waals surface area contributed by atoms with Crippen LogP contribution in [0.1, 0.15) is 10.4 Å². The standard InChI is InChI=1S/C17H19N2O3.BrH/c20-15(12-19-8-5-18(6-9-19)7-10-19)14-11-13-3-1-2-4-16(13)22-17(14)21;/h1-4,11H,5-10,12H2;1H/q+1;/p-1. The van der Waals surface area contributed by atoms with E-state index < -0.39 is 5.63 Å². The van der Waals surface area contributed by atoms with Crippen molar-refractivity contribution in [2.24, 2.45) is 0 Å². The van der Waals surface area contributed by atoms with Gasteiger partial charge in [-0.05, 0) is 12.1 Å². The normalized spacial score (nSPS) is 26.0. The Hall–Kier alpha value is -1.50. The van der Waals surface area contributed by atoms with Crippen molar-refractivity contribution in [3.05, 3.63) is 46.3 Å². The molecule has 122 valence electrons. The molecule has 6 heteroatoms. The van der Waals surface area contributed by atoms with E-state index in [1.807, 2.05) is 18.2 Å². The molecule has 5 rings (SSSR count). The molecular formula is C17H19BrN2O3. The van der Waals surface area contributed by atoms with E-state index in [1.54, 1.807) is 12.1 Å². The third-order valence-electron chi connectivity index (χ3n) is 5.09. The second-order valence-electron chi connectivity index (χ2n) is 6.42. The van der Waals surface area contributed by atoms with E-state index in [0.29, 0.717) is 12.1 Å². The van der Waals surface area contributed by atoms with Crippen molar-refractivity contribution >= 4 is 16.8 Å². The van der Waals surface area contributed by atoms with E-state index >= 15 is 0 Å². The lowest BCUT2D eigenvalue weighted by atomic mass is 10.1. The smallest absolute Gasteiger partial charge is 0.347 e. The predicted molar refractivity (Wildman–Crippen MR) is 83.0 cm³/mol. The third kappa shape index (κ3) is 2.98. The maximum absolute atomic E-state index is 12.7. The third-order valence-corrected chi connectivity index (χ3v) is 5.09. The SMILES string of the molecule is O=C(C[N+]12CCN(CC1)CC2)c1cc2ccccc2oc1=O.[Br-]. The molecule has 0 aliphatic carbocycles. The molecule has 3 fully saturated rings. The molecule has 1 aromatic heterocycles. The van der Waals surface area contributed by atoms with Crippen LogP contribution in [0.25, 0.3) is 11.0 Å². The first-order valence-corrected chi connectivity index (χ1v) is 7.79. The van der Waals surface area contributed by atoms with Crippen molar-refractivity contribution in [2.75, 3.05) is 45.8 Å². The Bertz CT molecular complexity index is 780. The van der Waals surface area contributed by atoms with Crippen LogP contribution in [0.5, 0.6) is 0 Å². The largest absolute Gasteiger partial charge is 1.00 e. The van der Waals surface area contributed by atoms with Crippen LogP contribution in [0.3, 0.4) is 0 Å². The number of fused-ring (bicyclic) bond motifs is 4. The van der Waals surface area contributed by atoms with E-state index in [9.17, 15) is 9.59 Å². The fourth-order valence-corrected chi connectivity index (χ4v) is 3.61. The first-order chi connectivity index (χ1) is 10.7. The highest BCUT2D eigenvalue weighted by atomic mass is 79.9. The highest BCUT2D eigenvalue weighted by Gasteiger charge is 2.40. The lowest BCUT2D eigenvalue weighted by molar-refractivity contribution is -0.933. The van der Waals surface area contributed by atoms with E-state index in [4.69, 9.17) is 4.42 Å². The molecule has 0 unspecified atom stereocenters. The van der Waals surface area contributed by atoms with Crippen molar-refractivity contribution in [1.29, 1.82) is 0 Å². The van der Waals surface area contributed by atoms with Crippen LogP contribution in [0.15, 0.2) is 39.5 Å². The Morgan fingerprint density at radius 1 is 1.13 bits per heavy atom. The van der Waals surface area contributed by atoms with Crippen LogP contribution >= 0.6 is 0 Å². The summed E-state index contributed by atoms with van der Waals surface area (Å²) in [7, 11) is 0. The summed E-state index contributed by atoms with van der Waals surface area (Å²) >= 11 is 0. The molecule has 3 saturated heterocycles. The van der Waals surface area contributed by atoms with Crippen LogP contribution in [0, 0.1) is 0 Å². The summed E-state index contributed by atoms with van der Waals surface area (Å²) in [5.41, 5.74) is 0.208. The molecule has 5 nitrogen and oxygen atoms in total. The van der Waals surface area contributed by atoms with Crippen molar-refractivity contribution in [1.82, 2.24) is 4.90 Å². The first kappa shape index (κ1) is 16.4. The van der Waals surface area contributed by atoms with Crippen molar-refractivity contribution in [3.63, 3.8) is 0 Å². The van der Waals surface area contributed by atoms with E-state index in [0.717, 1.165) is 49.1 Å². The highest BCUT2D eigenvalue weighted by molar-refractivity contribution is 5.99. The Morgan fingerprint density at radius 3 is 2.48 bits per heavy atom. The second kappa shape index (κ2) is 6.19. The Balaban J connectivity index is 0.00000156. The number of halogens is 1. The van der Waals surface area contributed by atoms with Gasteiger partial charge in [-0.2, -0.15) is 0 Å². The first-order valence-electron chi connectivity index (χ1n) is 7.79. The van der Waals surface area contributed by atoms with Gasteiger partial charge >= 0.3 is 5.63 Å². The topological polar surface area (TPSA) is 50.5 Å². The zero-order chi connectivity index (χ0) is 15.2. The molecule has 0 atom stereocenters. The van der Waals surface area contributed by atoms with E-state index in [2.05, 4.69) is 4.90 Å². The van der Waals surface area contributed by atoms with Crippen LogP contribution in [-0.2, 0) is 0 Å². The number of rotatable bonds is 3. The quantitative estimate of drug-likeness (QED) is 0.356. The number of piperazine rings is 3. The highest BCUT2D eigenvalue weighted by Crippen LogP contribution is 2.20. The van der Waals surface area contributed by atoms with Crippen LogP contribution in [-0.4, -0.2) is 61.0 Å². The number of nitrogens with zero attached hydrogens (tertiary/aromatic N) is 2. The molecular weight excluding hydrogens is 360 g/mol. The minimum Gasteiger partial charge on any atom is -1.00 e. The number of Topliss-reactive ketones (excluding diaryl/α,β-unsaturated/α-hetero) is 1. The zero-order valence-electron chi connectivity index (χ0n) is 12.8. The molecule has 1 aromatic carbocycles. The summed E-state index contributed by atoms with van der Waals surface area (Å²) in [4.78, 5) is 27.2. The number of quaternary nitrogens is 1. The molecule has 2 bridgehead atoms. The summed E-state index contributed by atoms with van der Waals surface area (Å²) in [5.74, 6) is -0.0881. The van der Waals surface area contributed by atoms with Gasteiger partial charge < -0.3 is 25.9 Å². The van der Waals surface area contributed by atoms with Crippen LogP contribution in [0.4, 0.5) is 0 Å². The summed E-state index contributed by atoms with van der Waals surface area (Å²) in [5, 5.41) is 0.800. The van der Waals surface area contributed by atoms with Crippen LogP contribution < -0.4 is 22.6 Å². The Labute approximate surface area is 144 Å². The minimum absolute atomic E-state index is 0. The van der Waals surface area contributed by atoms with E-state index in [-0.39, 0.29) is 28.3 Å². The number of hydrogen-bond acceptors (Lipinski definition) is 4. The predicted octanol–water partition coefficient (Wildman–Crippen LogP) is -1.87. The molecule has 2 aromatic rings. The van der Waals surface area contributed by atoms with Gasteiger partial charge in [-0.25, -0.2) is 4.79 Å². The lowest BCUT2D eigenvalue weighted by Crippen LogP contribution is -3.00. The van der Waals surface area contributed by atoms with Gasteiger partial charge in [-0.1, -0.05) is 18.2 Å². The summed E-state index contributed by atoms with van der Waals surface area (Å²) < 4.78 is 6.11. The number of hydrogen-bond donors (Lipinski definition) is 0.